The summed E-state index contributed by atoms with van der Waals surface area (Å²) in [5, 5.41) is 0. The van der Waals surface area contributed by atoms with E-state index in [0.29, 0.717) is 6.10 Å². The van der Waals surface area contributed by atoms with E-state index in [1.807, 2.05) is 24.3 Å². The van der Waals surface area contributed by atoms with Gasteiger partial charge >= 0.3 is 0 Å². The molecule has 1 heterocycles. The molecule has 3 rings (SSSR count). The molecule has 1 spiro atoms. The second kappa shape index (κ2) is 5.84. The van der Waals surface area contributed by atoms with E-state index in [2.05, 4.69) is 15.9 Å². The van der Waals surface area contributed by atoms with Crippen molar-refractivity contribution in [3.8, 4) is 5.75 Å². The maximum atomic E-state index is 6.19. The molecule has 1 atom stereocenters. The average molecular weight is 325 g/mol. The summed E-state index contributed by atoms with van der Waals surface area (Å²) in [6.45, 7) is 0.842. The Morgan fingerprint density at radius 3 is 2.74 bits per heavy atom. The SMILES string of the molecule is Brc1ccccc1OC1CCOC2(CCCCC2)C1. The summed E-state index contributed by atoms with van der Waals surface area (Å²) in [6.07, 6.45) is 8.75. The van der Waals surface area contributed by atoms with Gasteiger partial charge in [-0.2, -0.15) is 0 Å². The molecule has 3 heteroatoms. The Balaban J connectivity index is 1.67. The zero-order chi connectivity index (χ0) is 13.1. The van der Waals surface area contributed by atoms with Gasteiger partial charge in [-0.3, -0.25) is 0 Å². The second-order valence-electron chi connectivity index (χ2n) is 5.76. The van der Waals surface area contributed by atoms with Gasteiger partial charge in [-0.25, -0.2) is 0 Å². The monoisotopic (exact) mass is 324 g/mol. The Labute approximate surface area is 123 Å². The highest BCUT2D eigenvalue weighted by Gasteiger charge is 2.39. The van der Waals surface area contributed by atoms with E-state index < -0.39 is 0 Å². The van der Waals surface area contributed by atoms with Gasteiger partial charge in [-0.1, -0.05) is 31.4 Å². The van der Waals surface area contributed by atoms with Crippen molar-refractivity contribution in [1.29, 1.82) is 0 Å². The molecule has 0 radical (unpaired) electrons. The van der Waals surface area contributed by atoms with Gasteiger partial charge in [-0.05, 0) is 40.9 Å². The third kappa shape index (κ3) is 3.14. The van der Waals surface area contributed by atoms with Crippen LogP contribution in [0.1, 0.15) is 44.9 Å². The lowest BCUT2D eigenvalue weighted by Gasteiger charge is -2.43. The molecule has 0 amide bonds. The van der Waals surface area contributed by atoms with Gasteiger partial charge in [0.25, 0.3) is 0 Å². The smallest absolute Gasteiger partial charge is 0.133 e. The number of halogens is 1. The molecular weight excluding hydrogens is 304 g/mol. The highest BCUT2D eigenvalue weighted by atomic mass is 79.9. The van der Waals surface area contributed by atoms with Crippen molar-refractivity contribution < 1.29 is 9.47 Å². The van der Waals surface area contributed by atoms with Crippen LogP contribution in [0.3, 0.4) is 0 Å². The summed E-state index contributed by atoms with van der Waals surface area (Å²) < 4.78 is 13.3. The molecule has 0 bridgehead atoms. The fourth-order valence-electron chi connectivity index (χ4n) is 3.35. The minimum Gasteiger partial charge on any atom is -0.489 e. The summed E-state index contributed by atoms with van der Waals surface area (Å²) in [6, 6.07) is 8.11. The second-order valence-corrected chi connectivity index (χ2v) is 6.61. The van der Waals surface area contributed by atoms with Crippen LogP contribution in [0, 0.1) is 0 Å². The number of para-hydroxylation sites is 1. The zero-order valence-corrected chi connectivity index (χ0v) is 12.8. The first-order valence-electron chi connectivity index (χ1n) is 7.33. The van der Waals surface area contributed by atoms with Crippen molar-refractivity contribution in [3.05, 3.63) is 28.7 Å². The van der Waals surface area contributed by atoms with Crippen molar-refractivity contribution in [3.63, 3.8) is 0 Å². The lowest BCUT2D eigenvalue weighted by molar-refractivity contribution is -0.129. The van der Waals surface area contributed by atoms with Gasteiger partial charge in [0.15, 0.2) is 0 Å². The Morgan fingerprint density at radius 2 is 1.95 bits per heavy atom. The molecule has 0 aromatic heterocycles. The van der Waals surface area contributed by atoms with Crippen LogP contribution >= 0.6 is 15.9 Å². The quantitative estimate of drug-likeness (QED) is 0.784. The van der Waals surface area contributed by atoms with E-state index in [1.165, 1.54) is 32.1 Å². The number of hydrogen-bond acceptors (Lipinski definition) is 2. The summed E-state index contributed by atoms with van der Waals surface area (Å²) >= 11 is 3.55. The minimum absolute atomic E-state index is 0.114. The average Bonchev–Trinajstić information content (AvgIpc) is 2.42. The van der Waals surface area contributed by atoms with Crippen LogP contribution in [0.15, 0.2) is 28.7 Å². The number of ether oxygens (including phenoxy) is 2. The first kappa shape index (κ1) is 13.4. The van der Waals surface area contributed by atoms with Crippen LogP contribution < -0.4 is 4.74 Å². The molecule has 2 fully saturated rings. The molecule has 1 aliphatic carbocycles. The van der Waals surface area contributed by atoms with Crippen LogP contribution in [0.4, 0.5) is 0 Å². The van der Waals surface area contributed by atoms with Crippen LogP contribution in [-0.2, 0) is 4.74 Å². The zero-order valence-electron chi connectivity index (χ0n) is 11.2. The summed E-state index contributed by atoms with van der Waals surface area (Å²) in [5.74, 6) is 0.959. The van der Waals surface area contributed by atoms with Gasteiger partial charge in [0.2, 0.25) is 0 Å². The maximum absolute atomic E-state index is 6.19. The van der Waals surface area contributed by atoms with E-state index in [0.717, 1.165) is 29.7 Å². The Bertz CT molecular complexity index is 421. The van der Waals surface area contributed by atoms with Crippen molar-refractivity contribution in [1.82, 2.24) is 0 Å². The molecule has 1 aliphatic heterocycles. The third-order valence-corrected chi connectivity index (χ3v) is 5.00. The minimum atomic E-state index is 0.114. The Hall–Kier alpha value is -0.540. The van der Waals surface area contributed by atoms with E-state index in [1.54, 1.807) is 0 Å². The molecule has 104 valence electrons. The molecule has 2 aliphatic rings. The molecule has 1 aromatic rings. The Morgan fingerprint density at radius 1 is 1.16 bits per heavy atom. The van der Waals surface area contributed by atoms with Crippen molar-refractivity contribution in [2.24, 2.45) is 0 Å². The molecule has 1 aromatic carbocycles. The lowest BCUT2D eigenvalue weighted by atomic mass is 9.79. The van der Waals surface area contributed by atoms with E-state index in [-0.39, 0.29) is 5.60 Å². The van der Waals surface area contributed by atoms with Crippen molar-refractivity contribution >= 4 is 15.9 Å². The van der Waals surface area contributed by atoms with Crippen LogP contribution in [0.5, 0.6) is 5.75 Å². The topological polar surface area (TPSA) is 18.5 Å². The lowest BCUT2D eigenvalue weighted by Crippen LogP contribution is -2.45. The van der Waals surface area contributed by atoms with E-state index >= 15 is 0 Å². The normalized spacial score (nSPS) is 26.3. The Kier molecular flexibility index (Phi) is 4.13. The standard InChI is InChI=1S/C16H21BrO2/c17-14-6-2-3-7-15(14)19-13-8-11-18-16(12-13)9-4-1-5-10-16/h2-3,6-7,13H,1,4-5,8-12H2. The van der Waals surface area contributed by atoms with Crippen LogP contribution in [0.25, 0.3) is 0 Å². The van der Waals surface area contributed by atoms with Gasteiger partial charge in [0.1, 0.15) is 11.9 Å². The fraction of sp³-hybridized carbons (Fsp3) is 0.625. The van der Waals surface area contributed by atoms with Crippen LogP contribution in [0.2, 0.25) is 0 Å². The molecule has 1 unspecified atom stereocenters. The van der Waals surface area contributed by atoms with E-state index in [4.69, 9.17) is 9.47 Å². The maximum Gasteiger partial charge on any atom is 0.133 e. The number of rotatable bonds is 2. The number of hydrogen-bond donors (Lipinski definition) is 0. The predicted octanol–water partition coefficient (Wildman–Crippen LogP) is 4.71. The first-order valence-corrected chi connectivity index (χ1v) is 8.12. The van der Waals surface area contributed by atoms with Gasteiger partial charge in [0.05, 0.1) is 16.7 Å². The predicted molar refractivity (Wildman–Crippen MR) is 79.6 cm³/mol. The van der Waals surface area contributed by atoms with Gasteiger partial charge in [-0.15, -0.1) is 0 Å². The van der Waals surface area contributed by atoms with Crippen molar-refractivity contribution in [2.75, 3.05) is 6.61 Å². The molecule has 0 N–H and O–H groups in total. The van der Waals surface area contributed by atoms with Crippen LogP contribution in [-0.4, -0.2) is 18.3 Å². The first-order chi connectivity index (χ1) is 9.27. The third-order valence-electron chi connectivity index (χ3n) is 4.34. The van der Waals surface area contributed by atoms with Crippen molar-refractivity contribution in [2.45, 2.75) is 56.7 Å². The summed E-state index contributed by atoms with van der Waals surface area (Å²) in [5.41, 5.74) is 0.114. The molecule has 19 heavy (non-hydrogen) atoms. The molecule has 1 saturated heterocycles. The summed E-state index contributed by atoms with van der Waals surface area (Å²) in [4.78, 5) is 0. The largest absolute Gasteiger partial charge is 0.489 e. The highest BCUT2D eigenvalue weighted by molar-refractivity contribution is 9.10. The van der Waals surface area contributed by atoms with Gasteiger partial charge in [0, 0.05) is 12.8 Å². The number of benzene rings is 1. The molecule has 2 nitrogen and oxygen atoms in total. The fourth-order valence-corrected chi connectivity index (χ4v) is 3.73. The molecule has 1 saturated carbocycles. The molecular formula is C16H21BrO2. The van der Waals surface area contributed by atoms with E-state index in [9.17, 15) is 0 Å². The summed E-state index contributed by atoms with van der Waals surface area (Å²) in [7, 11) is 0. The van der Waals surface area contributed by atoms with Gasteiger partial charge < -0.3 is 9.47 Å². The highest BCUT2D eigenvalue weighted by Crippen LogP contribution is 2.40.